The smallest absolute Gasteiger partial charge is 0.101 e. The highest BCUT2D eigenvalue weighted by molar-refractivity contribution is 9.10. The first-order chi connectivity index (χ1) is 9.19. The lowest BCUT2D eigenvalue weighted by molar-refractivity contribution is 0.596. The molecule has 1 heterocycles. The summed E-state index contributed by atoms with van der Waals surface area (Å²) >= 11 is 5.17. The fourth-order valence-corrected chi connectivity index (χ4v) is 3.26. The van der Waals surface area contributed by atoms with Crippen molar-refractivity contribution in [2.24, 2.45) is 0 Å². The van der Waals surface area contributed by atoms with Crippen LogP contribution in [0.3, 0.4) is 0 Å². The van der Waals surface area contributed by atoms with Crippen molar-refractivity contribution in [2.45, 2.75) is 29.8 Å². The predicted molar refractivity (Wildman–Crippen MR) is 84.6 cm³/mol. The third kappa shape index (κ3) is 4.34. The summed E-state index contributed by atoms with van der Waals surface area (Å²) < 4.78 is 1.09. The average Bonchev–Trinajstić information content (AvgIpc) is 2.39. The standard InChI is InChI=1S/C15H17BrN2S/c1-3-17-11(2)12-7-8-18-15(9-12)19-14-6-4-5-13(16)10-14/h4-11,17H,3H2,1-2H3. The molecule has 0 aliphatic heterocycles. The van der Waals surface area contributed by atoms with Crippen molar-refractivity contribution in [1.82, 2.24) is 10.3 Å². The average molecular weight is 337 g/mol. The molecule has 1 atom stereocenters. The van der Waals surface area contributed by atoms with Crippen LogP contribution >= 0.6 is 27.7 Å². The van der Waals surface area contributed by atoms with Crippen molar-refractivity contribution in [3.8, 4) is 0 Å². The predicted octanol–water partition coefficient (Wildman–Crippen LogP) is 4.67. The maximum Gasteiger partial charge on any atom is 0.101 e. The number of rotatable bonds is 5. The van der Waals surface area contributed by atoms with Crippen molar-refractivity contribution in [3.05, 3.63) is 52.6 Å². The van der Waals surface area contributed by atoms with Gasteiger partial charge < -0.3 is 5.32 Å². The van der Waals surface area contributed by atoms with Crippen LogP contribution in [0, 0.1) is 0 Å². The molecular weight excluding hydrogens is 320 g/mol. The Morgan fingerprint density at radius 3 is 2.89 bits per heavy atom. The van der Waals surface area contributed by atoms with E-state index in [2.05, 4.69) is 64.3 Å². The van der Waals surface area contributed by atoms with Gasteiger partial charge in [-0.3, -0.25) is 0 Å². The van der Waals surface area contributed by atoms with E-state index in [1.165, 1.54) is 10.5 Å². The Balaban J connectivity index is 2.15. The first kappa shape index (κ1) is 14.6. The van der Waals surface area contributed by atoms with Gasteiger partial charge in [0.2, 0.25) is 0 Å². The van der Waals surface area contributed by atoms with Crippen LogP contribution in [0.15, 0.2) is 57.0 Å². The van der Waals surface area contributed by atoms with Gasteiger partial charge in [-0.1, -0.05) is 40.7 Å². The quantitative estimate of drug-likeness (QED) is 0.858. The molecule has 1 N–H and O–H groups in total. The second-order valence-electron chi connectivity index (χ2n) is 4.27. The largest absolute Gasteiger partial charge is 0.310 e. The Morgan fingerprint density at radius 2 is 2.16 bits per heavy atom. The third-order valence-electron chi connectivity index (χ3n) is 2.79. The molecule has 2 rings (SSSR count). The summed E-state index contributed by atoms with van der Waals surface area (Å²) in [5.41, 5.74) is 1.27. The molecule has 0 aliphatic rings. The van der Waals surface area contributed by atoms with E-state index in [1.54, 1.807) is 11.8 Å². The molecule has 1 aromatic carbocycles. The van der Waals surface area contributed by atoms with E-state index < -0.39 is 0 Å². The summed E-state index contributed by atoms with van der Waals surface area (Å²) in [5, 5.41) is 4.45. The fraction of sp³-hybridized carbons (Fsp3) is 0.267. The molecule has 1 aromatic heterocycles. The minimum absolute atomic E-state index is 0.356. The molecule has 0 bridgehead atoms. The van der Waals surface area contributed by atoms with Gasteiger partial charge in [0.05, 0.1) is 0 Å². The Labute approximate surface area is 127 Å². The number of nitrogens with one attached hydrogen (secondary N) is 1. The van der Waals surface area contributed by atoms with Crippen molar-refractivity contribution < 1.29 is 0 Å². The number of hydrogen-bond acceptors (Lipinski definition) is 3. The van der Waals surface area contributed by atoms with Crippen LogP contribution in [0.4, 0.5) is 0 Å². The molecule has 0 amide bonds. The molecule has 0 spiro atoms. The molecule has 19 heavy (non-hydrogen) atoms. The van der Waals surface area contributed by atoms with Crippen LogP contribution in [0.25, 0.3) is 0 Å². The maximum absolute atomic E-state index is 4.43. The van der Waals surface area contributed by atoms with E-state index in [0.717, 1.165) is 16.0 Å². The third-order valence-corrected chi connectivity index (χ3v) is 4.20. The lowest BCUT2D eigenvalue weighted by atomic mass is 10.1. The number of aromatic nitrogens is 1. The normalized spacial score (nSPS) is 12.4. The summed E-state index contributed by atoms with van der Waals surface area (Å²) in [6.07, 6.45) is 1.88. The summed E-state index contributed by atoms with van der Waals surface area (Å²) in [6, 6.07) is 12.8. The van der Waals surface area contributed by atoms with Crippen LogP contribution < -0.4 is 5.32 Å². The first-order valence-electron chi connectivity index (χ1n) is 6.32. The zero-order chi connectivity index (χ0) is 13.7. The number of nitrogens with zero attached hydrogens (tertiary/aromatic N) is 1. The minimum atomic E-state index is 0.356. The Hall–Kier alpha value is -0.840. The van der Waals surface area contributed by atoms with Gasteiger partial charge in [-0.2, -0.15) is 0 Å². The van der Waals surface area contributed by atoms with E-state index in [4.69, 9.17) is 0 Å². The number of hydrogen-bond donors (Lipinski definition) is 1. The molecule has 4 heteroatoms. The monoisotopic (exact) mass is 336 g/mol. The molecule has 2 aromatic rings. The number of benzene rings is 1. The van der Waals surface area contributed by atoms with E-state index in [0.29, 0.717) is 6.04 Å². The van der Waals surface area contributed by atoms with E-state index in [1.807, 2.05) is 18.3 Å². The Kier molecular flexibility index (Phi) is 5.43. The second kappa shape index (κ2) is 7.08. The Morgan fingerprint density at radius 1 is 1.32 bits per heavy atom. The van der Waals surface area contributed by atoms with Gasteiger partial charge in [0.15, 0.2) is 0 Å². The van der Waals surface area contributed by atoms with Crippen LogP contribution in [0.5, 0.6) is 0 Å². The van der Waals surface area contributed by atoms with E-state index >= 15 is 0 Å². The summed E-state index contributed by atoms with van der Waals surface area (Å²) in [7, 11) is 0. The van der Waals surface area contributed by atoms with Crippen molar-refractivity contribution in [1.29, 1.82) is 0 Å². The fourth-order valence-electron chi connectivity index (χ4n) is 1.83. The summed E-state index contributed by atoms with van der Waals surface area (Å²) in [4.78, 5) is 5.62. The molecule has 100 valence electrons. The van der Waals surface area contributed by atoms with Gasteiger partial charge in [-0.15, -0.1) is 0 Å². The van der Waals surface area contributed by atoms with Crippen LogP contribution in [-0.4, -0.2) is 11.5 Å². The van der Waals surface area contributed by atoms with Crippen molar-refractivity contribution in [3.63, 3.8) is 0 Å². The van der Waals surface area contributed by atoms with Crippen molar-refractivity contribution >= 4 is 27.7 Å². The first-order valence-corrected chi connectivity index (χ1v) is 7.92. The molecule has 1 unspecified atom stereocenters. The Bertz CT molecular complexity index is 545. The topological polar surface area (TPSA) is 24.9 Å². The maximum atomic E-state index is 4.43. The molecule has 0 radical (unpaired) electrons. The lowest BCUT2D eigenvalue weighted by Gasteiger charge is -2.13. The number of pyridine rings is 1. The number of halogens is 1. The highest BCUT2D eigenvalue weighted by Gasteiger charge is 2.06. The highest BCUT2D eigenvalue weighted by atomic mass is 79.9. The van der Waals surface area contributed by atoms with Gasteiger partial charge in [0.1, 0.15) is 5.03 Å². The van der Waals surface area contributed by atoms with Gasteiger partial charge in [-0.05, 0) is 49.4 Å². The lowest BCUT2D eigenvalue weighted by Crippen LogP contribution is -2.17. The van der Waals surface area contributed by atoms with Gasteiger partial charge >= 0.3 is 0 Å². The zero-order valence-electron chi connectivity index (χ0n) is 11.1. The van der Waals surface area contributed by atoms with E-state index in [9.17, 15) is 0 Å². The van der Waals surface area contributed by atoms with E-state index in [-0.39, 0.29) is 0 Å². The summed E-state index contributed by atoms with van der Waals surface area (Å²) in [6.45, 7) is 5.26. The van der Waals surface area contributed by atoms with Gasteiger partial charge in [0, 0.05) is 21.6 Å². The molecule has 0 fully saturated rings. The van der Waals surface area contributed by atoms with Crippen LogP contribution in [0.2, 0.25) is 0 Å². The molecular formula is C15H17BrN2S. The molecule has 2 nitrogen and oxygen atoms in total. The van der Waals surface area contributed by atoms with Gasteiger partial charge in [0.25, 0.3) is 0 Å². The molecule has 0 saturated heterocycles. The SMILES string of the molecule is CCNC(C)c1ccnc(Sc2cccc(Br)c2)c1. The molecule has 0 saturated carbocycles. The van der Waals surface area contributed by atoms with Gasteiger partial charge in [-0.25, -0.2) is 4.98 Å². The minimum Gasteiger partial charge on any atom is -0.310 e. The van der Waals surface area contributed by atoms with Crippen molar-refractivity contribution in [2.75, 3.05) is 6.54 Å². The summed E-state index contributed by atoms with van der Waals surface area (Å²) in [5.74, 6) is 0. The van der Waals surface area contributed by atoms with Crippen LogP contribution in [0.1, 0.15) is 25.5 Å². The highest BCUT2D eigenvalue weighted by Crippen LogP contribution is 2.29. The molecule has 0 aliphatic carbocycles. The zero-order valence-corrected chi connectivity index (χ0v) is 13.5. The second-order valence-corrected chi connectivity index (χ2v) is 6.28. The van der Waals surface area contributed by atoms with Crippen LogP contribution in [-0.2, 0) is 0 Å².